The van der Waals surface area contributed by atoms with Crippen molar-refractivity contribution in [1.29, 1.82) is 0 Å². The normalized spacial score (nSPS) is 22.1. The number of hydrogen-bond acceptors (Lipinski definition) is 7. The van der Waals surface area contributed by atoms with Gasteiger partial charge in [-0.2, -0.15) is 0 Å². The average molecular weight is 395 g/mol. The van der Waals surface area contributed by atoms with Crippen LogP contribution in [0.5, 0.6) is 0 Å². The van der Waals surface area contributed by atoms with Crippen LogP contribution in [0.1, 0.15) is 6.92 Å². The first-order valence-corrected chi connectivity index (χ1v) is 9.60. The Kier molecular flexibility index (Phi) is 4.29. The van der Waals surface area contributed by atoms with E-state index in [1.807, 2.05) is 16.7 Å². The molecular formula is C19H19ClN8. The van der Waals surface area contributed by atoms with Crippen molar-refractivity contribution in [1.82, 2.24) is 29.7 Å². The Balaban J connectivity index is 1.50. The SMILES string of the molecule is CC1C(C2=CCN=C2)NCCN1c1ccnc(-c2cnc3cnc(Cl)cn23)n1. The monoisotopic (exact) mass is 394 g/mol. The van der Waals surface area contributed by atoms with Crippen LogP contribution in [0.15, 0.2) is 47.5 Å². The quantitative estimate of drug-likeness (QED) is 0.731. The maximum Gasteiger partial charge on any atom is 0.180 e. The van der Waals surface area contributed by atoms with E-state index in [0.717, 1.165) is 31.1 Å². The minimum atomic E-state index is 0.235. The van der Waals surface area contributed by atoms with Gasteiger partial charge in [0.25, 0.3) is 0 Å². The molecule has 0 radical (unpaired) electrons. The lowest BCUT2D eigenvalue weighted by atomic mass is 9.98. The number of piperazine rings is 1. The first kappa shape index (κ1) is 17.3. The number of anilines is 1. The lowest BCUT2D eigenvalue weighted by Gasteiger charge is -2.41. The number of aromatic nitrogens is 5. The van der Waals surface area contributed by atoms with Crippen molar-refractivity contribution in [2.75, 3.05) is 24.5 Å². The van der Waals surface area contributed by atoms with Gasteiger partial charge >= 0.3 is 0 Å². The summed E-state index contributed by atoms with van der Waals surface area (Å²) in [5.74, 6) is 1.51. The second kappa shape index (κ2) is 6.96. The van der Waals surface area contributed by atoms with E-state index in [1.54, 1.807) is 24.8 Å². The van der Waals surface area contributed by atoms with Gasteiger partial charge in [-0.25, -0.2) is 19.9 Å². The molecule has 1 fully saturated rings. The van der Waals surface area contributed by atoms with Gasteiger partial charge in [-0.3, -0.25) is 9.39 Å². The summed E-state index contributed by atoms with van der Waals surface area (Å²) in [6.45, 7) is 4.74. The molecule has 2 atom stereocenters. The zero-order valence-electron chi connectivity index (χ0n) is 15.3. The summed E-state index contributed by atoms with van der Waals surface area (Å²) in [4.78, 5) is 24.4. The van der Waals surface area contributed by atoms with Crippen molar-refractivity contribution >= 4 is 29.3 Å². The van der Waals surface area contributed by atoms with E-state index in [9.17, 15) is 0 Å². The number of rotatable bonds is 3. The summed E-state index contributed by atoms with van der Waals surface area (Å²) in [5.41, 5.74) is 2.73. The van der Waals surface area contributed by atoms with Gasteiger partial charge in [-0.1, -0.05) is 17.7 Å². The van der Waals surface area contributed by atoms with E-state index < -0.39 is 0 Å². The first-order valence-electron chi connectivity index (χ1n) is 9.22. The summed E-state index contributed by atoms with van der Waals surface area (Å²) in [7, 11) is 0. The lowest BCUT2D eigenvalue weighted by Crippen LogP contribution is -2.57. The Labute approximate surface area is 167 Å². The Morgan fingerprint density at radius 2 is 2.14 bits per heavy atom. The fraction of sp³-hybridized carbons (Fsp3) is 0.316. The molecule has 3 aromatic rings. The number of nitrogens with zero attached hydrogens (tertiary/aromatic N) is 7. The standard InChI is InChI=1S/C19H19ClN8/c1-12-18(13-2-4-21-8-13)22-6-7-27(12)16-3-5-23-19(26-16)14-9-25-17-10-24-15(20)11-28(14)17/h2-3,5,8-12,18,22H,4,6-7H2,1H3. The van der Waals surface area contributed by atoms with Crippen LogP contribution in [0.25, 0.3) is 17.2 Å². The van der Waals surface area contributed by atoms with E-state index in [2.05, 4.69) is 43.2 Å². The van der Waals surface area contributed by atoms with Crippen LogP contribution in [0.2, 0.25) is 5.15 Å². The third-order valence-corrected chi connectivity index (χ3v) is 5.45. The van der Waals surface area contributed by atoms with Crippen molar-refractivity contribution in [2.45, 2.75) is 19.0 Å². The summed E-state index contributed by atoms with van der Waals surface area (Å²) in [5, 5.41) is 4.00. The van der Waals surface area contributed by atoms with Crippen LogP contribution in [0.4, 0.5) is 5.82 Å². The molecule has 1 N–H and O–H groups in total. The van der Waals surface area contributed by atoms with Crippen LogP contribution in [-0.4, -0.2) is 62.3 Å². The third kappa shape index (κ3) is 2.94. The molecule has 0 bridgehead atoms. The Bertz CT molecular complexity index is 1090. The molecule has 0 aliphatic carbocycles. The van der Waals surface area contributed by atoms with Gasteiger partial charge in [0.1, 0.15) is 16.7 Å². The van der Waals surface area contributed by atoms with Gasteiger partial charge in [-0.15, -0.1) is 0 Å². The van der Waals surface area contributed by atoms with Crippen LogP contribution in [0, 0.1) is 0 Å². The van der Waals surface area contributed by atoms with Crippen molar-refractivity contribution in [3.63, 3.8) is 0 Å². The molecule has 0 aromatic carbocycles. The predicted molar refractivity (Wildman–Crippen MR) is 109 cm³/mol. The summed E-state index contributed by atoms with van der Waals surface area (Å²) in [6, 6.07) is 2.43. The van der Waals surface area contributed by atoms with Crippen LogP contribution < -0.4 is 10.2 Å². The van der Waals surface area contributed by atoms with Crippen LogP contribution in [-0.2, 0) is 0 Å². The zero-order valence-corrected chi connectivity index (χ0v) is 16.1. The summed E-state index contributed by atoms with van der Waals surface area (Å²) >= 11 is 6.05. The van der Waals surface area contributed by atoms with Crippen LogP contribution in [0.3, 0.4) is 0 Å². The zero-order chi connectivity index (χ0) is 19.1. The highest BCUT2D eigenvalue weighted by Gasteiger charge is 2.31. The van der Waals surface area contributed by atoms with E-state index in [4.69, 9.17) is 16.6 Å². The number of imidazole rings is 1. The fourth-order valence-electron chi connectivity index (χ4n) is 3.85. The van der Waals surface area contributed by atoms with Gasteiger partial charge < -0.3 is 10.2 Å². The summed E-state index contributed by atoms with van der Waals surface area (Å²) < 4.78 is 1.86. The molecule has 28 heavy (non-hydrogen) atoms. The number of nitrogens with one attached hydrogen (secondary N) is 1. The first-order chi connectivity index (χ1) is 13.7. The molecule has 5 heterocycles. The van der Waals surface area contributed by atoms with Crippen molar-refractivity contribution in [2.24, 2.45) is 4.99 Å². The topological polar surface area (TPSA) is 83.6 Å². The van der Waals surface area contributed by atoms with Crippen molar-refractivity contribution in [3.05, 3.63) is 47.7 Å². The minimum absolute atomic E-state index is 0.235. The molecule has 2 unspecified atom stereocenters. The molecule has 2 aliphatic rings. The van der Waals surface area contributed by atoms with E-state index in [0.29, 0.717) is 16.6 Å². The van der Waals surface area contributed by atoms with Gasteiger partial charge in [-0.05, 0) is 18.6 Å². The molecule has 5 rings (SSSR count). The second-order valence-corrected chi connectivity index (χ2v) is 7.27. The average Bonchev–Trinajstić information content (AvgIpc) is 3.38. The molecular weight excluding hydrogens is 376 g/mol. The highest BCUT2D eigenvalue weighted by Crippen LogP contribution is 2.25. The molecule has 2 aliphatic heterocycles. The smallest absolute Gasteiger partial charge is 0.180 e. The van der Waals surface area contributed by atoms with Gasteiger partial charge in [0.2, 0.25) is 0 Å². The largest absolute Gasteiger partial charge is 0.351 e. The molecule has 0 amide bonds. The number of hydrogen-bond donors (Lipinski definition) is 1. The molecule has 3 aromatic heterocycles. The molecule has 9 heteroatoms. The third-order valence-electron chi connectivity index (χ3n) is 5.25. The molecule has 0 saturated carbocycles. The maximum atomic E-state index is 6.05. The van der Waals surface area contributed by atoms with E-state index in [-0.39, 0.29) is 12.1 Å². The van der Waals surface area contributed by atoms with Gasteiger partial charge in [0.05, 0.1) is 25.0 Å². The van der Waals surface area contributed by atoms with Gasteiger partial charge in [0.15, 0.2) is 11.5 Å². The Hall–Kier alpha value is -2.84. The number of halogens is 1. The van der Waals surface area contributed by atoms with Crippen molar-refractivity contribution < 1.29 is 0 Å². The maximum absolute atomic E-state index is 6.05. The highest BCUT2D eigenvalue weighted by atomic mass is 35.5. The Morgan fingerprint density at radius 1 is 1.21 bits per heavy atom. The fourth-order valence-corrected chi connectivity index (χ4v) is 4.00. The summed E-state index contributed by atoms with van der Waals surface area (Å²) in [6.07, 6.45) is 11.1. The van der Waals surface area contributed by atoms with Crippen molar-refractivity contribution in [3.8, 4) is 11.5 Å². The second-order valence-electron chi connectivity index (χ2n) is 6.88. The molecule has 142 valence electrons. The van der Waals surface area contributed by atoms with E-state index in [1.165, 1.54) is 5.57 Å². The highest BCUT2D eigenvalue weighted by molar-refractivity contribution is 6.29. The Morgan fingerprint density at radius 3 is 3.00 bits per heavy atom. The number of fused-ring (bicyclic) bond motifs is 1. The molecule has 0 spiro atoms. The van der Waals surface area contributed by atoms with Gasteiger partial charge in [0, 0.05) is 37.7 Å². The predicted octanol–water partition coefficient (Wildman–Crippen LogP) is 2.02. The lowest BCUT2D eigenvalue weighted by molar-refractivity contribution is 0.425. The number of aliphatic imine (C=N–C) groups is 1. The van der Waals surface area contributed by atoms with E-state index >= 15 is 0 Å². The molecule has 1 saturated heterocycles. The molecule has 8 nitrogen and oxygen atoms in total. The minimum Gasteiger partial charge on any atom is -0.351 e. The van der Waals surface area contributed by atoms with Crippen LogP contribution >= 0.6 is 11.6 Å².